The van der Waals surface area contributed by atoms with Crippen molar-refractivity contribution in [3.63, 3.8) is 0 Å². The van der Waals surface area contributed by atoms with Crippen molar-refractivity contribution >= 4 is 17.6 Å². The summed E-state index contributed by atoms with van der Waals surface area (Å²) >= 11 is 0. The van der Waals surface area contributed by atoms with Crippen LogP contribution in [0.4, 0.5) is 10.5 Å². The minimum Gasteiger partial charge on any atom is -0.497 e. The number of anilines is 1. The molecule has 1 saturated heterocycles. The number of methoxy groups -OCH3 is 1. The van der Waals surface area contributed by atoms with Crippen LogP contribution < -0.4 is 15.4 Å². The number of carbonyl (C=O) groups is 2. The van der Waals surface area contributed by atoms with Gasteiger partial charge in [0.2, 0.25) is 5.91 Å². The molecule has 2 N–H and O–H groups in total. The highest BCUT2D eigenvalue weighted by molar-refractivity contribution is 5.94. The molecule has 6 heteroatoms. The average Bonchev–Trinajstić information content (AvgIpc) is 2.73. The second kappa shape index (κ2) is 9.07. The first-order chi connectivity index (χ1) is 13.2. The lowest BCUT2D eigenvalue weighted by atomic mass is 10.0. The lowest BCUT2D eigenvalue weighted by Gasteiger charge is -2.31. The van der Waals surface area contributed by atoms with Crippen LogP contribution in [0.25, 0.3) is 0 Å². The number of benzene rings is 2. The van der Waals surface area contributed by atoms with E-state index in [-0.39, 0.29) is 5.91 Å². The van der Waals surface area contributed by atoms with Crippen LogP contribution in [0, 0.1) is 0 Å². The number of rotatable bonds is 5. The molecular formula is C21H25N3O3. The standard InChI is InChI=1S/C21H25N3O3/c1-27-18-12-10-17(11-13-18)22-21(26)23-19(16-8-4-2-5-9-16)20(25)24-14-6-3-7-15-24/h2,4-5,8-13,19H,3,6-7,14-15H2,1H3,(H2,22,23,26)/t19-/m1/s1. The molecule has 1 atom stereocenters. The van der Waals surface area contributed by atoms with E-state index >= 15 is 0 Å². The van der Waals surface area contributed by atoms with Gasteiger partial charge in [-0.25, -0.2) is 4.79 Å². The fraction of sp³-hybridized carbons (Fsp3) is 0.333. The van der Waals surface area contributed by atoms with Crippen molar-refractivity contribution in [3.8, 4) is 5.75 Å². The maximum atomic E-state index is 13.0. The molecule has 27 heavy (non-hydrogen) atoms. The Hall–Kier alpha value is -3.02. The van der Waals surface area contributed by atoms with E-state index in [0.717, 1.165) is 37.9 Å². The molecule has 0 aromatic heterocycles. The monoisotopic (exact) mass is 367 g/mol. The Bertz CT molecular complexity index is 756. The molecule has 1 heterocycles. The van der Waals surface area contributed by atoms with Crippen LogP contribution in [0.3, 0.4) is 0 Å². The Morgan fingerprint density at radius 1 is 0.963 bits per heavy atom. The Labute approximate surface area is 159 Å². The van der Waals surface area contributed by atoms with Crippen LogP contribution in [-0.2, 0) is 4.79 Å². The predicted molar refractivity (Wildman–Crippen MR) is 105 cm³/mol. The minimum atomic E-state index is -0.706. The maximum Gasteiger partial charge on any atom is 0.320 e. The zero-order valence-electron chi connectivity index (χ0n) is 15.5. The van der Waals surface area contributed by atoms with Crippen LogP contribution in [0.1, 0.15) is 30.9 Å². The molecule has 0 unspecified atom stereocenters. The highest BCUT2D eigenvalue weighted by atomic mass is 16.5. The van der Waals surface area contributed by atoms with Crippen molar-refractivity contribution in [3.05, 3.63) is 60.2 Å². The summed E-state index contributed by atoms with van der Waals surface area (Å²) in [5, 5.41) is 5.61. The van der Waals surface area contributed by atoms with Crippen molar-refractivity contribution in [1.29, 1.82) is 0 Å². The van der Waals surface area contributed by atoms with E-state index in [2.05, 4.69) is 10.6 Å². The van der Waals surface area contributed by atoms with Crippen LogP contribution in [0.5, 0.6) is 5.75 Å². The van der Waals surface area contributed by atoms with Gasteiger partial charge in [0.1, 0.15) is 11.8 Å². The molecular weight excluding hydrogens is 342 g/mol. The number of amides is 3. The lowest BCUT2D eigenvalue weighted by molar-refractivity contribution is -0.134. The van der Waals surface area contributed by atoms with Gasteiger partial charge in [-0.05, 0) is 49.1 Å². The predicted octanol–water partition coefficient (Wildman–Crippen LogP) is 3.57. The number of carbonyl (C=O) groups excluding carboxylic acids is 2. The summed E-state index contributed by atoms with van der Waals surface area (Å²) < 4.78 is 5.12. The molecule has 2 aromatic carbocycles. The second-order valence-corrected chi connectivity index (χ2v) is 6.56. The number of nitrogens with one attached hydrogen (secondary N) is 2. The molecule has 2 aromatic rings. The van der Waals surface area contributed by atoms with Crippen molar-refractivity contribution in [2.24, 2.45) is 0 Å². The van der Waals surface area contributed by atoms with Gasteiger partial charge in [-0.15, -0.1) is 0 Å². The topological polar surface area (TPSA) is 70.7 Å². The summed E-state index contributed by atoms with van der Waals surface area (Å²) in [6.45, 7) is 1.48. The summed E-state index contributed by atoms with van der Waals surface area (Å²) in [6.07, 6.45) is 3.15. The van der Waals surface area contributed by atoms with Crippen molar-refractivity contribution in [2.45, 2.75) is 25.3 Å². The van der Waals surface area contributed by atoms with Crippen LogP contribution in [0.15, 0.2) is 54.6 Å². The fourth-order valence-corrected chi connectivity index (χ4v) is 3.20. The van der Waals surface area contributed by atoms with Gasteiger partial charge in [-0.3, -0.25) is 4.79 Å². The average molecular weight is 367 g/mol. The van der Waals surface area contributed by atoms with E-state index in [0.29, 0.717) is 11.4 Å². The van der Waals surface area contributed by atoms with E-state index in [4.69, 9.17) is 4.74 Å². The first kappa shape index (κ1) is 18.8. The molecule has 3 amide bonds. The van der Waals surface area contributed by atoms with Gasteiger partial charge in [-0.1, -0.05) is 30.3 Å². The number of hydrogen-bond donors (Lipinski definition) is 2. The number of likely N-dealkylation sites (tertiary alicyclic amines) is 1. The lowest BCUT2D eigenvalue weighted by Crippen LogP contribution is -2.45. The molecule has 0 aliphatic carbocycles. The molecule has 1 fully saturated rings. The SMILES string of the molecule is COc1ccc(NC(=O)N[C@@H](C(=O)N2CCCCC2)c2ccccc2)cc1. The van der Waals surface area contributed by atoms with Gasteiger partial charge in [0, 0.05) is 18.8 Å². The summed E-state index contributed by atoms with van der Waals surface area (Å²) in [7, 11) is 1.59. The van der Waals surface area contributed by atoms with Crippen molar-refractivity contribution in [2.75, 3.05) is 25.5 Å². The van der Waals surface area contributed by atoms with E-state index < -0.39 is 12.1 Å². The van der Waals surface area contributed by atoms with Gasteiger partial charge in [0.05, 0.1) is 7.11 Å². The molecule has 1 aliphatic rings. The number of hydrogen-bond acceptors (Lipinski definition) is 3. The first-order valence-electron chi connectivity index (χ1n) is 9.22. The Morgan fingerprint density at radius 3 is 2.26 bits per heavy atom. The zero-order chi connectivity index (χ0) is 19.1. The summed E-state index contributed by atoms with van der Waals surface area (Å²) in [5.41, 5.74) is 1.41. The summed E-state index contributed by atoms with van der Waals surface area (Å²) in [4.78, 5) is 27.4. The summed E-state index contributed by atoms with van der Waals surface area (Å²) in [6, 6.07) is 15.3. The summed E-state index contributed by atoms with van der Waals surface area (Å²) in [5.74, 6) is 0.647. The van der Waals surface area contributed by atoms with Crippen LogP contribution >= 0.6 is 0 Å². The number of nitrogens with zero attached hydrogens (tertiary/aromatic N) is 1. The molecule has 1 aliphatic heterocycles. The number of piperidine rings is 1. The van der Waals surface area contributed by atoms with E-state index in [9.17, 15) is 9.59 Å². The van der Waals surface area contributed by atoms with Gasteiger partial charge in [0.15, 0.2) is 0 Å². The normalized spacial score (nSPS) is 14.9. The molecule has 0 spiro atoms. The Kier molecular flexibility index (Phi) is 6.30. The molecule has 0 saturated carbocycles. The molecule has 0 bridgehead atoms. The molecule has 6 nitrogen and oxygen atoms in total. The molecule has 142 valence electrons. The van der Waals surface area contributed by atoms with E-state index in [1.807, 2.05) is 35.2 Å². The Morgan fingerprint density at radius 2 is 1.63 bits per heavy atom. The highest BCUT2D eigenvalue weighted by Gasteiger charge is 2.28. The van der Waals surface area contributed by atoms with Crippen molar-refractivity contribution < 1.29 is 14.3 Å². The van der Waals surface area contributed by atoms with E-state index in [1.165, 1.54) is 0 Å². The van der Waals surface area contributed by atoms with Gasteiger partial charge >= 0.3 is 6.03 Å². The second-order valence-electron chi connectivity index (χ2n) is 6.56. The Balaban J connectivity index is 1.72. The smallest absolute Gasteiger partial charge is 0.320 e. The first-order valence-corrected chi connectivity index (χ1v) is 9.22. The van der Waals surface area contributed by atoms with Crippen LogP contribution in [0.2, 0.25) is 0 Å². The molecule has 3 rings (SSSR count). The minimum absolute atomic E-state index is 0.0641. The van der Waals surface area contributed by atoms with Gasteiger partial charge in [0.25, 0.3) is 0 Å². The number of ether oxygens (including phenoxy) is 1. The van der Waals surface area contributed by atoms with Gasteiger partial charge < -0.3 is 20.3 Å². The zero-order valence-corrected chi connectivity index (χ0v) is 15.5. The van der Waals surface area contributed by atoms with E-state index in [1.54, 1.807) is 31.4 Å². The number of urea groups is 1. The fourth-order valence-electron chi connectivity index (χ4n) is 3.20. The van der Waals surface area contributed by atoms with Gasteiger partial charge in [-0.2, -0.15) is 0 Å². The highest BCUT2D eigenvalue weighted by Crippen LogP contribution is 2.20. The third-order valence-corrected chi connectivity index (χ3v) is 4.67. The third-order valence-electron chi connectivity index (χ3n) is 4.67. The van der Waals surface area contributed by atoms with Crippen LogP contribution in [-0.4, -0.2) is 37.0 Å². The quantitative estimate of drug-likeness (QED) is 0.849. The van der Waals surface area contributed by atoms with Crippen molar-refractivity contribution in [1.82, 2.24) is 10.2 Å². The molecule has 0 radical (unpaired) electrons. The third kappa shape index (κ3) is 5.00. The largest absolute Gasteiger partial charge is 0.497 e. The maximum absolute atomic E-state index is 13.0.